The fraction of sp³-hybridized carbons (Fsp3) is 0.391. The number of allylic oxidation sites excluding steroid dienone is 2. The van der Waals surface area contributed by atoms with Crippen molar-refractivity contribution in [3.63, 3.8) is 0 Å². The predicted octanol–water partition coefficient (Wildman–Crippen LogP) is 0.804. The van der Waals surface area contributed by atoms with E-state index in [1.807, 2.05) is 56.3 Å². The van der Waals surface area contributed by atoms with Crippen LogP contribution in [0.2, 0.25) is 0 Å². The molecule has 0 saturated heterocycles. The van der Waals surface area contributed by atoms with Gasteiger partial charge < -0.3 is 31.5 Å². The minimum absolute atomic E-state index is 0.187. The monoisotopic (exact) mass is 441 g/mol. The molecule has 0 aromatic heterocycles. The lowest BCUT2D eigenvalue weighted by atomic mass is 10.2. The average Bonchev–Trinajstić information content (AvgIpc) is 3.22. The van der Waals surface area contributed by atoms with Gasteiger partial charge in [0.25, 0.3) is 5.91 Å². The largest absolute Gasteiger partial charge is 0.390 e. The van der Waals surface area contributed by atoms with Crippen LogP contribution in [0, 0.1) is 0 Å². The molecule has 9 heteroatoms. The zero-order valence-electron chi connectivity index (χ0n) is 19.0. The highest BCUT2D eigenvalue weighted by Crippen LogP contribution is 2.02. The molecule has 0 radical (unpaired) electrons. The molecule has 0 aliphatic carbocycles. The molecule has 0 bridgehead atoms. The molecule has 174 valence electrons. The van der Waals surface area contributed by atoms with Gasteiger partial charge in [-0.05, 0) is 37.9 Å². The highest BCUT2D eigenvalue weighted by Gasteiger charge is 2.17. The Labute approximate surface area is 190 Å². The third-order valence-electron chi connectivity index (χ3n) is 4.49. The van der Waals surface area contributed by atoms with Crippen molar-refractivity contribution >= 4 is 24.7 Å². The first-order chi connectivity index (χ1) is 15.6. The summed E-state index contributed by atoms with van der Waals surface area (Å²) in [6.07, 6.45) is 7.76. The van der Waals surface area contributed by atoms with E-state index in [1.54, 1.807) is 12.3 Å². The van der Waals surface area contributed by atoms with Crippen LogP contribution in [-0.2, 0) is 16.1 Å². The van der Waals surface area contributed by atoms with Gasteiger partial charge in [0.15, 0.2) is 0 Å². The molecule has 0 saturated carbocycles. The van der Waals surface area contributed by atoms with Gasteiger partial charge in [0.05, 0.1) is 12.1 Å². The molecule has 1 amide bonds. The first kappa shape index (κ1) is 26.7. The Kier molecular flexibility index (Phi) is 13.7. The van der Waals surface area contributed by atoms with Crippen LogP contribution in [0.15, 0.2) is 64.4 Å². The molecule has 2 aliphatic heterocycles. The van der Waals surface area contributed by atoms with Crippen LogP contribution < -0.4 is 21.8 Å². The summed E-state index contributed by atoms with van der Waals surface area (Å²) in [5.74, 6) is 0.480. The number of nitrogens with zero attached hydrogens (tertiary/aromatic N) is 3. The maximum absolute atomic E-state index is 12.3. The molecule has 0 spiro atoms. The number of rotatable bonds is 2. The normalized spacial score (nSPS) is 21.2. The molecule has 0 fully saturated rings. The van der Waals surface area contributed by atoms with Gasteiger partial charge in [0.2, 0.25) is 0 Å². The Balaban J connectivity index is 0.000000427. The Morgan fingerprint density at radius 3 is 2.66 bits per heavy atom. The maximum Gasteiger partial charge on any atom is 0.258 e. The molecule has 3 rings (SSSR count). The first-order valence-electron chi connectivity index (χ1n) is 10.5. The lowest BCUT2D eigenvalue weighted by molar-refractivity contribution is -0.115. The Morgan fingerprint density at radius 2 is 2.03 bits per heavy atom. The molecule has 32 heavy (non-hydrogen) atoms. The van der Waals surface area contributed by atoms with E-state index in [2.05, 4.69) is 38.1 Å². The lowest BCUT2D eigenvalue weighted by Gasteiger charge is -2.15. The van der Waals surface area contributed by atoms with Crippen molar-refractivity contribution in [2.75, 3.05) is 33.2 Å². The predicted molar refractivity (Wildman–Crippen MR) is 130 cm³/mol. The second-order valence-electron chi connectivity index (χ2n) is 7.21. The minimum Gasteiger partial charge on any atom is -0.390 e. The summed E-state index contributed by atoms with van der Waals surface area (Å²) in [7, 11) is 2.06. The average molecular weight is 442 g/mol. The van der Waals surface area contributed by atoms with Gasteiger partial charge in [-0.2, -0.15) is 5.10 Å². The van der Waals surface area contributed by atoms with E-state index in [0.29, 0.717) is 24.5 Å². The molecule has 1 aromatic carbocycles. The van der Waals surface area contributed by atoms with E-state index in [-0.39, 0.29) is 11.9 Å². The molecule has 1 unspecified atom stereocenters. The van der Waals surface area contributed by atoms with Gasteiger partial charge in [-0.15, -0.1) is 0 Å². The van der Waals surface area contributed by atoms with E-state index >= 15 is 0 Å². The molecule has 5 N–H and O–H groups in total. The fourth-order valence-corrected chi connectivity index (χ4v) is 2.70. The van der Waals surface area contributed by atoms with Gasteiger partial charge in [0.1, 0.15) is 12.6 Å². The molecule has 2 heterocycles. The number of hydrogen-bond acceptors (Lipinski definition) is 8. The van der Waals surface area contributed by atoms with Crippen molar-refractivity contribution in [1.29, 1.82) is 0 Å². The summed E-state index contributed by atoms with van der Waals surface area (Å²) >= 11 is 0. The zero-order chi connectivity index (χ0) is 23.6. The number of carbonyl (C=O) groups is 2. The molecular formula is C23H35N7O2. The Bertz CT molecular complexity index is 791. The second-order valence-corrected chi connectivity index (χ2v) is 7.21. The summed E-state index contributed by atoms with van der Waals surface area (Å²) in [4.78, 5) is 26.8. The first-order valence-corrected chi connectivity index (χ1v) is 10.5. The van der Waals surface area contributed by atoms with Gasteiger partial charge in [-0.1, -0.05) is 30.3 Å². The Hall–Kier alpha value is -3.30. The number of likely N-dealkylation sites (N-methyl/N-ethyl adjacent to an activating group) is 1. The van der Waals surface area contributed by atoms with Crippen molar-refractivity contribution in [1.82, 2.24) is 21.0 Å². The fourth-order valence-electron chi connectivity index (χ4n) is 2.70. The van der Waals surface area contributed by atoms with Crippen LogP contribution in [0.5, 0.6) is 0 Å². The van der Waals surface area contributed by atoms with Crippen LogP contribution >= 0.6 is 0 Å². The number of nitrogens with two attached hydrogens (primary N) is 1. The molecular weight excluding hydrogens is 406 g/mol. The van der Waals surface area contributed by atoms with Crippen molar-refractivity contribution in [2.24, 2.45) is 15.8 Å². The quantitative estimate of drug-likeness (QED) is 0.538. The third kappa shape index (κ3) is 11.2. The van der Waals surface area contributed by atoms with Crippen molar-refractivity contribution in [2.45, 2.75) is 25.9 Å². The number of amides is 1. The summed E-state index contributed by atoms with van der Waals surface area (Å²) in [5, 5.41) is 10.1. The van der Waals surface area contributed by atoms with Crippen LogP contribution in [0.25, 0.3) is 0 Å². The zero-order valence-corrected chi connectivity index (χ0v) is 19.0. The third-order valence-corrected chi connectivity index (χ3v) is 4.49. The van der Waals surface area contributed by atoms with Crippen molar-refractivity contribution in [3.8, 4) is 0 Å². The molecule has 1 aromatic rings. The molecule has 1 atom stereocenters. The topological polar surface area (TPSA) is 124 Å². The minimum atomic E-state index is -0.187. The van der Waals surface area contributed by atoms with E-state index in [0.717, 1.165) is 26.1 Å². The van der Waals surface area contributed by atoms with Crippen molar-refractivity contribution in [3.05, 3.63) is 59.8 Å². The smallest absolute Gasteiger partial charge is 0.258 e. The summed E-state index contributed by atoms with van der Waals surface area (Å²) in [6, 6.07) is 10.2. The highest BCUT2D eigenvalue weighted by atomic mass is 16.1. The highest BCUT2D eigenvalue weighted by molar-refractivity contribution is 6.17. The van der Waals surface area contributed by atoms with E-state index in [4.69, 9.17) is 10.5 Å². The number of carbonyl (C=O) groups excluding carboxylic acids is 2. The van der Waals surface area contributed by atoms with E-state index in [9.17, 15) is 4.79 Å². The van der Waals surface area contributed by atoms with Crippen LogP contribution in [-0.4, -0.2) is 68.9 Å². The number of hydrogen-bond donors (Lipinski definition) is 4. The number of benzene rings is 1. The van der Waals surface area contributed by atoms with Gasteiger partial charge in [-0.3, -0.25) is 9.79 Å². The van der Waals surface area contributed by atoms with E-state index in [1.165, 1.54) is 5.56 Å². The number of hydrazone groups is 1. The number of aliphatic imine (C=N–C) groups is 1. The summed E-state index contributed by atoms with van der Waals surface area (Å²) < 4.78 is 0. The summed E-state index contributed by atoms with van der Waals surface area (Å²) in [6.45, 7) is 8.02. The van der Waals surface area contributed by atoms with Crippen LogP contribution in [0.3, 0.4) is 0 Å². The summed E-state index contributed by atoms with van der Waals surface area (Å²) in [5.41, 5.74) is 9.98. The van der Waals surface area contributed by atoms with Crippen molar-refractivity contribution < 1.29 is 9.59 Å². The van der Waals surface area contributed by atoms with Crippen LogP contribution in [0.1, 0.15) is 18.9 Å². The van der Waals surface area contributed by atoms with Gasteiger partial charge >= 0.3 is 0 Å². The van der Waals surface area contributed by atoms with E-state index < -0.39 is 0 Å². The van der Waals surface area contributed by atoms with Crippen LogP contribution in [0.4, 0.5) is 0 Å². The standard InChI is InChI=1S/C15H24N6O.C7H9N.CH2O/c1-12-10-14(20-19-12)18-15(22)13-4-3-5-16-6-8-21(2)9-7-17-11-13;8-6-7-4-2-1-3-5-7;1-2/h3-5,11-12,16,19H,6-10H2,1-2H3,(H,18,20,22);1-5H,6,8H2;1H2/b5-3+,13-4+,17-11?;;. The number of nitrogens with one attached hydrogen (secondary N) is 3. The number of amidine groups is 1. The van der Waals surface area contributed by atoms with Gasteiger partial charge in [-0.25, -0.2) is 0 Å². The van der Waals surface area contributed by atoms with Gasteiger partial charge in [0, 0.05) is 44.9 Å². The molecule has 9 nitrogen and oxygen atoms in total. The SMILES string of the molecule is C=O.CC1CC(NC(=O)/C2=C/C=C/NCCN(C)CCN=C2)=NN1.NCc1ccccc1. The maximum atomic E-state index is 12.3. The second kappa shape index (κ2) is 16.4. The molecule has 2 aliphatic rings. The Morgan fingerprint density at radius 1 is 1.28 bits per heavy atom. The lowest BCUT2D eigenvalue weighted by Crippen LogP contribution is -2.32.